The van der Waals surface area contributed by atoms with Crippen LogP contribution in [0, 0.1) is 6.92 Å². The van der Waals surface area contributed by atoms with Crippen molar-refractivity contribution in [3.05, 3.63) is 41.5 Å². The zero-order chi connectivity index (χ0) is 22.2. The zero-order valence-electron chi connectivity index (χ0n) is 18.8. The van der Waals surface area contributed by atoms with Crippen LogP contribution in [0.3, 0.4) is 0 Å². The summed E-state index contributed by atoms with van der Waals surface area (Å²) in [5.41, 5.74) is 6.34. The number of sulfonamides is 1. The van der Waals surface area contributed by atoms with E-state index in [2.05, 4.69) is 30.1 Å². The van der Waals surface area contributed by atoms with Crippen molar-refractivity contribution in [2.24, 2.45) is 0 Å². The van der Waals surface area contributed by atoms with Crippen LogP contribution in [0.25, 0.3) is 0 Å². The van der Waals surface area contributed by atoms with Crippen LogP contribution in [0.1, 0.15) is 17.5 Å². The third-order valence-electron chi connectivity index (χ3n) is 5.73. The van der Waals surface area contributed by atoms with Crippen LogP contribution in [0.2, 0.25) is 19.6 Å². The van der Waals surface area contributed by atoms with Gasteiger partial charge in [-0.05, 0) is 43.5 Å². The molecule has 1 fully saturated rings. The number of rotatable bonds is 5. The average Bonchev–Trinajstić information content (AvgIpc) is 2.73. The smallest absolute Gasteiger partial charge is 0.264 e. The van der Waals surface area contributed by atoms with Crippen molar-refractivity contribution in [2.75, 3.05) is 42.6 Å². The lowest BCUT2D eigenvalue weighted by Gasteiger charge is -2.36. The number of hydrogen-bond acceptors (Lipinski definition) is 6. The minimum Gasteiger partial charge on any atom is -0.379 e. The van der Waals surface area contributed by atoms with Gasteiger partial charge in [-0.25, -0.2) is 18.4 Å². The van der Waals surface area contributed by atoms with Gasteiger partial charge in [-0.3, -0.25) is 4.31 Å². The van der Waals surface area contributed by atoms with Crippen molar-refractivity contribution in [1.82, 2.24) is 9.99 Å². The summed E-state index contributed by atoms with van der Waals surface area (Å²) < 4.78 is 34.3. The molecule has 168 valence electrons. The highest BCUT2D eigenvalue weighted by atomic mass is 32.2. The minimum absolute atomic E-state index is 0.336. The van der Waals surface area contributed by atoms with Gasteiger partial charge in [0.1, 0.15) is 13.9 Å². The van der Waals surface area contributed by atoms with Gasteiger partial charge in [-0.15, -0.1) is 0 Å². The van der Waals surface area contributed by atoms with Gasteiger partial charge in [0.15, 0.2) is 0 Å². The molecule has 0 bridgehead atoms. The first kappa shape index (κ1) is 22.3. The summed E-state index contributed by atoms with van der Waals surface area (Å²) in [6, 6.07) is 9.14. The first-order valence-corrected chi connectivity index (χ1v) is 15.8. The highest BCUT2D eigenvalue weighted by Crippen LogP contribution is 2.33. The number of hydrazine groups is 1. The highest BCUT2D eigenvalue weighted by Gasteiger charge is 2.36. The fourth-order valence-corrected chi connectivity index (χ4v) is 7.17. The Labute approximate surface area is 186 Å². The molecule has 3 heterocycles. The first-order valence-electron chi connectivity index (χ1n) is 10.9. The normalized spacial score (nSPS) is 18.0. The molecule has 2 aliphatic rings. The Bertz CT molecular complexity index is 1050. The molecule has 0 spiro atoms. The summed E-state index contributed by atoms with van der Waals surface area (Å²) >= 11 is 0. The topological polar surface area (TPSA) is 74.8 Å². The number of aromatic nitrogens is 1. The highest BCUT2D eigenvalue weighted by molar-refractivity contribution is 7.92. The lowest BCUT2D eigenvalue weighted by molar-refractivity contribution is 0.0495. The average molecular weight is 461 g/mol. The number of aryl methyl sites for hydroxylation is 2. The van der Waals surface area contributed by atoms with Crippen LogP contribution in [-0.2, 0) is 21.2 Å². The summed E-state index contributed by atoms with van der Waals surface area (Å²) in [6.45, 7) is 12.1. The van der Waals surface area contributed by atoms with Crippen LogP contribution < -0.4 is 15.0 Å². The molecule has 1 N–H and O–H groups in total. The van der Waals surface area contributed by atoms with Crippen LogP contribution in [0.15, 0.2) is 35.2 Å². The second-order valence-corrected chi connectivity index (χ2v) is 16.2. The van der Waals surface area contributed by atoms with Gasteiger partial charge < -0.3 is 10.2 Å². The SMILES string of the molecule is Cc1ccc(S(=O)(=O)N2CCCc3cc(NN4CCOCC4)nc([Si](C)(C)C)c32)cc1. The van der Waals surface area contributed by atoms with Gasteiger partial charge in [0.05, 0.1) is 23.8 Å². The molecule has 0 atom stereocenters. The summed E-state index contributed by atoms with van der Waals surface area (Å²) in [5, 5.41) is 3.06. The summed E-state index contributed by atoms with van der Waals surface area (Å²) in [5.74, 6) is 0.799. The monoisotopic (exact) mass is 460 g/mol. The predicted molar refractivity (Wildman–Crippen MR) is 127 cm³/mol. The Balaban J connectivity index is 1.78. The number of morpholine rings is 1. The van der Waals surface area contributed by atoms with Gasteiger partial charge in [-0.2, -0.15) is 0 Å². The molecule has 1 saturated heterocycles. The van der Waals surface area contributed by atoms with Gasteiger partial charge in [0, 0.05) is 25.0 Å². The maximum Gasteiger partial charge on any atom is 0.264 e. The lowest BCUT2D eigenvalue weighted by atomic mass is 10.1. The third-order valence-corrected chi connectivity index (χ3v) is 9.31. The Hall–Kier alpha value is -1.94. The molecule has 0 aliphatic carbocycles. The van der Waals surface area contributed by atoms with E-state index in [1.54, 1.807) is 16.4 Å². The molecule has 4 rings (SSSR count). The van der Waals surface area contributed by atoms with Crippen LogP contribution in [-0.4, -0.2) is 59.3 Å². The Morgan fingerprint density at radius 3 is 2.39 bits per heavy atom. The maximum absolute atomic E-state index is 13.6. The van der Waals surface area contributed by atoms with E-state index < -0.39 is 18.1 Å². The molecule has 1 aromatic carbocycles. The number of hydrogen-bond donors (Lipinski definition) is 1. The zero-order valence-corrected chi connectivity index (χ0v) is 20.6. The molecule has 0 saturated carbocycles. The van der Waals surface area contributed by atoms with E-state index >= 15 is 0 Å². The molecule has 0 unspecified atom stereocenters. The van der Waals surface area contributed by atoms with Crippen molar-refractivity contribution < 1.29 is 13.2 Å². The molecular weight excluding hydrogens is 428 g/mol. The second-order valence-electron chi connectivity index (χ2n) is 9.32. The predicted octanol–water partition coefficient (Wildman–Crippen LogP) is 2.74. The van der Waals surface area contributed by atoms with Gasteiger partial charge in [-0.1, -0.05) is 37.3 Å². The van der Waals surface area contributed by atoms with E-state index in [-0.39, 0.29) is 0 Å². The number of nitrogens with one attached hydrogen (secondary N) is 1. The second kappa shape index (κ2) is 8.53. The quantitative estimate of drug-likeness (QED) is 0.692. The number of nitrogens with zero attached hydrogens (tertiary/aromatic N) is 3. The van der Waals surface area contributed by atoms with E-state index in [9.17, 15) is 8.42 Å². The van der Waals surface area contributed by atoms with E-state index in [1.165, 1.54) is 0 Å². The van der Waals surface area contributed by atoms with Crippen molar-refractivity contribution in [1.29, 1.82) is 0 Å². The van der Waals surface area contributed by atoms with Crippen LogP contribution >= 0.6 is 0 Å². The first-order chi connectivity index (χ1) is 14.7. The number of pyridine rings is 1. The Morgan fingerprint density at radius 2 is 1.74 bits per heavy atom. The number of fused-ring (bicyclic) bond motifs is 1. The van der Waals surface area contributed by atoms with Crippen LogP contribution in [0.4, 0.5) is 11.5 Å². The summed E-state index contributed by atoms with van der Waals surface area (Å²) in [4.78, 5) is 5.32. The largest absolute Gasteiger partial charge is 0.379 e. The van der Waals surface area contributed by atoms with Gasteiger partial charge >= 0.3 is 0 Å². The summed E-state index contributed by atoms with van der Waals surface area (Å²) in [7, 11) is -5.59. The molecule has 9 heteroatoms. The fourth-order valence-electron chi connectivity index (χ4n) is 4.08. The molecule has 2 aromatic rings. The van der Waals surface area contributed by atoms with E-state index in [0.29, 0.717) is 24.7 Å². The molecule has 0 radical (unpaired) electrons. The molecule has 31 heavy (non-hydrogen) atoms. The van der Waals surface area contributed by atoms with E-state index in [0.717, 1.165) is 53.9 Å². The fraction of sp³-hybridized carbons (Fsp3) is 0.500. The minimum atomic E-state index is -3.65. The van der Waals surface area contributed by atoms with Crippen molar-refractivity contribution >= 4 is 34.9 Å². The Kier molecular flexibility index (Phi) is 6.13. The van der Waals surface area contributed by atoms with Gasteiger partial charge in [0.2, 0.25) is 0 Å². The third kappa shape index (κ3) is 4.64. The Morgan fingerprint density at radius 1 is 1.06 bits per heavy atom. The number of anilines is 2. The molecule has 7 nitrogen and oxygen atoms in total. The molecule has 0 amide bonds. The molecular formula is C22H32N4O3SSi. The van der Waals surface area contributed by atoms with E-state index in [4.69, 9.17) is 9.72 Å². The van der Waals surface area contributed by atoms with Crippen molar-refractivity contribution in [3.8, 4) is 0 Å². The molecule has 1 aromatic heterocycles. The van der Waals surface area contributed by atoms with Crippen molar-refractivity contribution in [2.45, 2.75) is 44.3 Å². The van der Waals surface area contributed by atoms with Gasteiger partial charge in [0.25, 0.3) is 10.0 Å². The van der Waals surface area contributed by atoms with Crippen LogP contribution in [0.5, 0.6) is 0 Å². The number of benzene rings is 1. The van der Waals surface area contributed by atoms with E-state index in [1.807, 2.05) is 25.1 Å². The maximum atomic E-state index is 13.6. The van der Waals surface area contributed by atoms with Crippen molar-refractivity contribution in [3.63, 3.8) is 0 Å². The standard InChI is InChI=1S/C22H32N4O3SSi/c1-17-7-9-19(10-8-17)30(27,28)26-11-5-6-18-16-20(24-25-12-14-29-15-13-25)23-22(21(18)26)31(2,3)4/h7-10,16H,5-6,11-15H2,1-4H3,(H,23,24). The number of ether oxygens (including phenoxy) is 1. The molecule has 2 aliphatic heterocycles. The lowest BCUT2D eigenvalue weighted by Crippen LogP contribution is -2.49. The summed E-state index contributed by atoms with van der Waals surface area (Å²) in [6.07, 6.45) is 1.65.